The first-order valence-corrected chi connectivity index (χ1v) is 10.5. The average molecular weight is 415 g/mol. The molecule has 0 bridgehead atoms. The van der Waals surface area contributed by atoms with Crippen LogP contribution < -0.4 is 15.0 Å². The highest BCUT2D eigenvalue weighted by molar-refractivity contribution is 5.98. The molecule has 0 fully saturated rings. The molecule has 3 aromatic rings. The van der Waals surface area contributed by atoms with Gasteiger partial charge >= 0.3 is 0 Å². The first-order valence-electron chi connectivity index (χ1n) is 10.5. The molecule has 0 saturated heterocycles. The fraction of sp³-hybridized carbons (Fsp3) is 0.231. The van der Waals surface area contributed by atoms with Crippen LogP contribution in [-0.4, -0.2) is 25.0 Å². The molecule has 1 heterocycles. The van der Waals surface area contributed by atoms with Gasteiger partial charge in [-0.15, -0.1) is 0 Å². The van der Waals surface area contributed by atoms with Gasteiger partial charge in [0.2, 0.25) is 5.91 Å². The number of fused-ring (bicyclic) bond motifs is 1. The first kappa shape index (κ1) is 20.7. The summed E-state index contributed by atoms with van der Waals surface area (Å²) in [7, 11) is 0. The molecule has 0 unspecified atom stereocenters. The standard InChI is InChI=1S/C26H26N2O3/c1-19-14-15-23-22(17-19)28(25(30)18-31-23)16-8-13-24(29)27-26(20-9-4-2-5-10-20)21-11-6-3-7-12-21/h2-7,9-12,14-15,17,26H,8,13,16,18H2,1H3,(H,27,29). The molecule has 1 aliphatic rings. The lowest BCUT2D eigenvalue weighted by Crippen LogP contribution is -2.40. The Kier molecular flexibility index (Phi) is 6.32. The van der Waals surface area contributed by atoms with Crippen LogP contribution in [0, 0.1) is 6.92 Å². The van der Waals surface area contributed by atoms with Gasteiger partial charge in [0, 0.05) is 13.0 Å². The third-order valence-electron chi connectivity index (χ3n) is 5.41. The first-order chi connectivity index (χ1) is 15.1. The van der Waals surface area contributed by atoms with Gasteiger partial charge < -0.3 is 15.0 Å². The summed E-state index contributed by atoms with van der Waals surface area (Å²) in [5.41, 5.74) is 3.92. The van der Waals surface area contributed by atoms with Crippen molar-refractivity contribution < 1.29 is 14.3 Å². The van der Waals surface area contributed by atoms with E-state index in [1.54, 1.807) is 4.90 Å². The number of anilines is 1. The van der Waals surface area contributed by atoms with Gasteiger partial charge in [0.1, 0.15) is 5.75 Å². The molecular formula is C26H26N2O3. The van der Waals surface area contributed by atoms with Gasteiger partial charge in [-0.1, -0.05) is 66.7 Å². The number of aryl methyl sites for hydroxylation is 1. The number of hydrogen-bond donors (Lipinski definition) is 1. The van der Waals surface area contributed by atoms with Crippen molar-refractivity contribution in [3.8, 4) is 5.75 Å². The summed E-state index contributed by atoms with van der Waals surface area (Å²) in [4.78, 5) is 26.9. The van der Waals surface area contributed by atoms with E-state index in [2.05, 4.69) is 5.32 Å². The second-order valence-corrected chi connectivity index (χ2v) is 7.73. The van der Waals surface area contributed by atoms with Crippen LogP contribution >= 0.6 is 0 Å². The molecule has 1 aliphatic heterocycles. The largest absolute Gasteiger partial charge is 0.482 e. The summed E-state index contributed by atoms with van der Waals surface area (Å²) in [6.07, 6.45) is 0.906. The van der Waals surface area contributed by atoms with Crippen LogP contribution in [0.15, 0.2) is 78.9 Å². The van der Waals surface area contributed by atoms with Crippen molar-refractivity contribution in [3.05, 3.63) is 95.6 Å². The van der Waals surface area contributed by atoms with Crippen molar-refractivity contribution in [1.82, 2.24) is 5.32 Å². The van der Waals surface area contributed by atoms with Crippen LogP contribution in [-0.2, 0) is 9.59 Å². The van der Waals surface area contributed by atoms with E-state index in [0.717, 1.165) is 22.4 Å². The molecule has 31 heavy (non-hydrogen) atoms. The van der Waals surface area contributed by atoms with Gasteiger partial charge in [-0.05, 0) is 42.2 Å². The Labute approximate surface area is 182 Å². The molecule has 4 rings (SSSR count). The maximum Gasteiger partial charge on any atom is 0.265 e. The molecule has 0 radical (unpaired) electrons. The third-order valence-corrected chi connectivity index (χ3v) is 5.41. The second kappa shape index (κ2) is 9.47. The summed E-state index contributed by atoms with van der Waals surface area (Å²) in [5.74, 6) is 0.593. The van der Waals surface area contributed by atoms with Crippen LogP contribution in [0.2, 0.25) is 0 Å². The summed E-state index contributed by atoms with van der Waals surface area (Å²) >= 11 is 0. The Morgan fingerprint density at radius 1 is 1.00 bits per heavy atom. The highest BCUT2D eigenvalue weighted by atomic mass is 16.5. The minimum atomic E-state index is -0.205. The fourth-order valence-electron chi connectivity index (χ4n) is 3.84. The number of carbonyl (C=O) groups is 2. The zero-order valence-corrected chi connectivity index (χ0v) is 17.6. The maximum absolute atomic E-state index is 12.8. The Morgan fingerprint density at radius 3 is 2.29 bits per heavy atom. The van der Waals surface area contributed by atoms with Crippen molar-refractivity contribution in [3.63, 3.8) is 0 Å². The molecule has 0 spiro atoms. The van der Waals surface area contributed by atoms with Gasteiger partial charge in [0.25, 0.3) is 5.91 Å². The predicted octanol–water partition coefficient (Wildman–Crippen LogP) is 4.41. The van der Waals surface area contributed by atoms with E-state index in [-0.39, 0.29) is 24.5 Å². The maximum atomic E-state index is 12.8. The van der Waals surface area contributed by atoms with Crippen molar-refractivity contribution in [2.75, 3.05) is 18.1 Å². The highest BCUT2D eigenvalue weighted by Crippen LogP contribution is 2.33. The summed E-state index contributed by atoms with van der Waals surface area (Å²) in [5, 5.41) is 3.16. The van der Waals surface area contributed by atoms with Crippen LogP contribution in [0.25, 0.3) is 0 Å². The van der Waals surface area contributed by atoms with E-state index in [0.29, 0.717) is 25.1 Å². The number of nitrogens with one attached hydrogen (secondary N) is 1. The van der Waals surface area contributed by atoms with E-state index in [4.69, 9.17) is 4.74 Å². The number of nitrogens with zero attached hydrogens (tertiary/aromatic N) is 1. The molecule has 0 aromatic heterocycles. The second-order valence-electron chi connectivity index (χ2n) is 7.73. The fourth-order valence-corrected chi connectivity index (χ4v) is 3.84. The van der Waals surface area contributed by atoms with Gasteiger partial charge in [-0.25, -0.2) is 0 Å². The Balaban J connectivity index is 1.41. The quantitative estimate of drug-likeness (QED) is 0.623. The summed E-state index contributed by atoms with van der Waals surface area (Å²) in [6.45, 7) is 2.50. The molecule has 3 aromatic carbocycles. The third kappa shape index (κ3) is 4.94. The summed E-state index contributed by atoms with van der Waals surface area (Å²) in [6, 6.07) is 25.5. The SMILES string of the molecule is Cc1ccc2c(c1)N(CCCC(=O)NC(c1ccccc1)c1ccccc1)C(=O)CO2. The number of benzene rings is 3. The van der Waals surface area contributed by atoms with Crippen LogP contribution in [0.4, 0.5) is 5.69 Å². The smallest absolute Gasteiger partial charge is 0.265 e. The zero-order valence-electron chi connectivity index (χ0n) is 17.6. The molecule has 1 N–H and O–H groups in total. The highest BCUT2D eigenvalue weighted by Gasteiger charge is 2.25. The van der Waals surface area contributed by atoms with Gasteiger partial charge in [0.15, 0.2) is 6.61 Å². The van der Waals surface area contributed by atoms with Crippen LogP contribution in [0.5, 0.6) is 5.75 Å². The van der Waals surface area contributed by atoms with Gasteiger partial charge in [-0.2, -0.15) is 0 Å². The minimum Gasteiger partial charge on any atom is -0.482 e. The molecule has 5 heteroatoms. The van der Waals surface area contributed by atoms with E-state index < -0.39 is 0 Å². The Morgan fingerprint density at radius 2 is 1.65 bits per heavy atom. The molecule has 0 aliphatic carbocycles. The van der Waals surface area contributed by atoms with Crippen molar-refractivity contribution in [1.29, 1.82) is 0 Å². The van der Waals surface area contributed by atoms with Crippen LogP contribution in [0.3, 0.4) is 0 Å². The summed E-state index contributed by atoms with van der Waals surface area (Å²) < 4.78 is 5.53. The minimum absolute atomic E-state index is 0.0341. The molecule has 5 nitrogen and oxygen atoms in total. The van der Waals surface area contributed by atoms with E-state index >= 15 is 0 Å². The molecular weight excluding hydrogens is 388 g/mol. The lowest BCUT2D eigenvalue weighted by atomic mass is 9.98. The number of hydrogen-bond acceptors (Lipinski definition) is 3. The molecule has 158 valence electrons. The number of carbonyl (C=O) groups excluding carboxylic acids is 2. The van der Waals surface area contributed by atoms with Crippen molar-refractivity contribution >= 4 is 17.5 Å². The zero-order chi connectivity index (χ0) is 21.6. The van der Waals surface area contributed by atoms with Crippen molar-refractivity contribution in [2.24, 2.45) is 0 Å². The number of amides is 2. The number of rotatable bonds is 7. The van der Waals surface area contributed by atoms with Crippen molar-refractivity contribution in [2.45, 2.75) is 25.8 Å². The topological polar surface area (TPSA) is 58.6 Å². The normalized spacial score (nSPS) is 13.0. The predicted molar refractivity (Wildman–Crippen MR) is 121 cm³/mol. The van der Waals surface area contributed by atoms with Crippen LogP contribution in [0.1, 0.15) is 35.6 Å². The lowest BCUT2D eigenvalue weighted by Gasteiger charge is -2.29. The lowest BCUT2D eigenvalue weighted by molar-refractivity contribution is -0.123. The van der Waals surface area contributed by atoms with Gasteiger partial charge in [0.05, 0.1) is 11.7 Å². The Hall–Kier alpha value is -3.60. The molecule has 0 saturated carbocycles. The van der Waals surface area contributed by atoms with E-state index in [1.807, 2.05) is 85.8 Å². The van der Waals surface area contributed by atoms with E-state index in [1.165, 1.54) is 0 Å². The molecule has 0 atom stereocenters. The average Bonchev–Trinajstić information content (AvgIpc) is 2.80. The monoisotopic (exact) mass is 414 g/mol. The van der Waals surface area contributed by atoms with E-state index in [9.17, 15) is 9.59 Å². The Bertz CT molecular complexity index is 1010. The molecule has 2 amide bonds. The van der Waals surface area contributed by atoms with Gasteiger partial charge in [-0.3, -0.25) is 9.59 Å². The number of ether oxygens (including phenoxy) is 1.